The Morgan fingerprint density at radius 2 is 1.89 bits per heavy atom. The number of hydrogen-bond donors (Lipinski definition) is 3. The highest BCUT2D eigenvalue weighted by molar-refractivity contribution is 4.92. The first-order chi connectivity index (χ1) is 9.22. The standard InChI is InChI=1S/C15H30N2O2/c1-12-7-15(8-12)17-10-13(3-6-19)9-14(11-17)16-4-2-5-18/h12-16,18-19H,2-11H2,1H3. The average molecular weight is 270 g/mol. The van der Waals surface area contributed by atoms with Crippen molar-refractivity contribution in [1.29, 1.82) is 0 Å². The van der Waals surface area contributed by atoms with E-state index in [1.807, 2.05) is 0 Å². The van der Waals surface area contributed by atoms with E-state index in [1.165, 1.54) is 19.3 Å². The van der Waals surface area contributed by atoms with Crippen molar-refractivity contribution in [2.75, 3.05) is 32.8 Å². The molecule has 4 heteroatoms. The molecule has 1 saturated carbocycles. The van der Waals surface area contributed by atoms with Crippen LogP contribution in [0.1, 0.15) is 39.0 Å². The fraction of sp³-hybridized carbons (Fsp3) is 1.00. The van der Waals surface area contributed by atoms with Gasteiger partial charge in [0.2, 0.25) is 0 Å². The van der Waals surface area contributed by atoms with E-state index in [-0.39, 0.29) is 6.61 Å². The van der Waals surface area contributed by atoms with Crippen molar-refractivity contribution in [2.45, 2.75) is 51.1 Å². The first-order valence-electron chi connectivity index (χ1n) is 7.92. The molecule has 2 atom stereocenters. The maximum absolute atomic E-state index is 9.19. The second-order valence-corrected chi connectivity index (χ2v) is 6.53. The highest BCUT2D eigenvalue weighted by Crippen LogP contribution is 2.34. The lowest BCUT2D eigenvalue weighted by atomic mass is 9.78. The van der Waals surface area contributed by atoms with Crippen molar-refractivity contribution in [1.82, 2.24) is 10.2 Å². The SMILES string of the molecule is CC1CC(N2CC(CCO)CC(NCCCO)C2)C1. The molecular weight excluding hydrogens is 240 g/mol. The summed E-state index contributed by atoms with van der Waals surface area (Å²) in [7, 11) is 0. The summed E-state index contributed by atoms with van der Waals surface area (Å²) >= 11 is 0. The zero-order valence-corrected chi connectivity index (χ0v) is 12.2. The van der Waals surface area contributed by atoms with Gasteiger partial charge in [-0.15, -0.1) is 0 Å². The topological polar surface area (TPSA) is 55.7 Å². The molecular formula is C15H30N2O2. The molecule has 2 fully saturated rings. The third-order valence-corrected chi connectivity index (χ3v) is 4.74. The summed E-state index contributed by atoms with van der Waals surface area (Å²) in [4.78, 5) is 2.64. The summed E-state index contributed by atoms with van der Waals surface area (Å²) in [6, 6.07) is 1.31. The first-order valence-corrected chi connectivity index (χ1v) is 7.92. The number of likely N-dealkylation sites (tertiary alicyclic amines) is 1. The molecule has 2 aliphatic rings. The van der Waals surface area contributed by atoms with E-state index in [0.717, 1.165) is 44.4 Å². The van der Waals surface area contributed by atoms with E-state index >= 15 is 0 Å². The van der Waals surface area contributed by atoms with Crippen LogP contribution in [0, 0.1) is 11.8 Å². The van der Waals surface area contributed by atoms with Gasteiger partial charge in [-0.3, -0.25) is 4.90 Å². The third kappa shape index (κ3) is 4.42. The molecule has 0 amide bonds. The number of nitrogens with zero attached hydrogens (tertiary/aromatic N) is 1. The van der Waals surface area contributed by atoms with Gasteiger partial charge in [0.05, 0.1) is 0 Å². The Labute approximate surface area is 117 Å². The molecule has 3 N–H and O–H groups in total. The lowest BCUT2D eigenvalue weighted by molar-refractivity contribution is 0.0281. The lowest BCUT2D eigenvalue weighted by Gasteiger charge is -2.47. The van der Waals surface area contributed by atoms with E-state index in [4.69, 9.17) is 5.11 Å². The minimum Gasteiger partial charge on any atom is -0.396 e. The predicted molar refractivity (Wildman–Crippen MR) is 77.1 cm³/mol. The molecule has 0 aromatic carbocycles. The summed E-state index contributed by atoms with van der Waals surface area (Å²) in [5, 5.41) is 21.6. The summed E-state index contributed by atoms with van der Waals surface area (Å²) in [6.45, 7) is 6.12. The summed E-state index contributed by atoms with van der Waals surface area (Å²) in [5.41, 5.74) is 0. The van der Waals surface area contributed by atoms with Crippen LogP contribution in [0.15, 0.2) is 0 Å². The molecule has 0 aromatic heterocycles. The fourth-order valence-corrected chi connectivity index (χ4v) is 3.62. The van der Waals surface area contributed by atoms with E-state index in [9.17, 15) is 5.11 Å². The number of aliphatic hydroxyl groups excluding tert-OH is 2. The van der Waals surface area contributed by atoms with Crippen molar-refractivity contribution in [3.05, 3.63) is 0 Å². The van der Waals surface area contributed by atoms with Gasteiger partial charge in [-0.1, -0.05) is 6.92 Å². The minimum absolute atomic E-state index is 0.268. The number of aliphatic hydroxyl groups is 2. The van der Waals surface area contributed by atoms with Crippen LogP contribution in [0.3, 0.4) is 0 Å². The van der Waals surface area contributed by atoms with Crippen LogP contribution in [-0.2, 0) is 0 Å². The van der Waals surface area contributed by atoms with Crippen LogP contribution in [-0.4, -0.2) is 60.0 Å². The molecule has 1 saturated heterocycles. The number of hydrogen-bond acceptors (Lipinski definition) is 4. The zero-order valence-electron chi connectivity index (χ0n) is 12.2. The van der Waals surface area contributed by atoms with Crippen LogP contribution < -0.4 is 5.32 Å². The fourth-order valence-electron chi connectivity index (χ4n) is 3.62. The molecule has 2 unspecified atom stereocenters. The van der Waals surface area contributed by atoms with Crippen molar-refractivity contribution in [2.24, 2.45) is 11.8 Å². The van der Waals surface area contributed by atoms with Gasteiger partial charge in [-0.05, 0) is 50.5 Å². The second-order valence-electron chi connectivity index (χ2n) is 6.53. The molecule has 0 radical (unpaired) electrons. The molecule has 0 aromatic rings. The predicted octanol–water partition coefficient (Wildman–Crippen LogP) is 0.830. The van der Waals surface area contributed by atoms with Gasteiger partial charge in [0.15, 0.2) is 0 Å². The Morgan fingerprint density at radius 3 is 2.53 bits per heavy atom. The van der Waals surface area contributed by atoms with E-state index < -0.39 is 0 Å². The molecule has 4 nitrogen and oxygen atoms in total. The van der Waals surface area contributed by atoms with Crippen molar-refractivity contribution in [3.8, 4) is 0 Å². The third-order valence-electron chi connectivity index (χ3n) is 4.74. The van der Waals surface area contributed by atoms with Gasteiger partial charge in [0.1, 0.15) is 0 Å². The highest BCUT2D eigenvalue weighted by atomic mass is 16.3. The van der Waals surface area contributed by atoms with Gasteiger partial charge in [0.25, 0.3) is 0 Å². The van der Waals surface area contributed by atoms with Crippen molar-refractivity contribution in [3.63, 3.8) is 0 Å². The maximum atomic E-state index is 9.19. The maximum Gasteiger partial charge on any atom is 0.0443 e. The Morgan fingerprint density at radius 1 is 1.11 bits per heavy atom. The average Bonchev–Trinajstić information content (AvgIpc) is 2.35. The lowest BCUT2D eigenvalue weighted by Crippen LogP contribution is -2.55. The molecule has 1 aliphatic carbocycles. The highest BCUT2D eigenvalue weighted by Gasteiger charge is 2.36. The number of piperidine rings is 1. The van der Waals surface area contributed by atoms with Gasteiger partial charge in [0, 0.05) is 38.4 Å². The van der Waals surface area contributed by atoms with Crippen LogP contribution in [0.4, 0.5) is 0 Å². The van der Waals surface area contributed by atoms with E-state index in [0.29, 0.717) is 18.6 Å². The summed E-state index contributed by atoms with van der Waals surface area (Å²) < 4.78 is 0. The molecule has 112 valence electrons. The van der Waals surface area contributed by atoms with Crippen molar-refractivity contribution >= 4 is 0 Å². The monoisotopic (exact) mass is 270 g/mol. The van der Waals surface area contributed by atoms with Gasteiger partial charge in [-0.25, -0.2) is 0 Å². The van der Waals surface area contributed by atoms with Crippen LogP contribution in [0.5, 0.6) is 0 Å². The van der Waals surface area contributed by atoms with Crippen LogP contribution in [0.25, 0.3) is 0 Å². The summed E-state index contributed by atoms with van der Waals surface area (Å²) in [6.07, 6.45) is 5.62. The largest absolute Gasteiger partial charge is 0.396 e. The van der Waals surface area contributed by atoms with Crippen LogP contribution in [0.2, 0.25) is 0 Å². The molecule has 1 aliphatic heterocycles. The number of nitrogens with one attached hydrogen (secondary N) is 1. The zero-order chi connectivity index (χ0) is 13.7. The Kier molecular flexibility index (Phi) is 6.07. The Hall–Kier alpha value is -0.160. The van der Waals surface area contributed by atoms with E-state index in [1.54, 1.807) is 0 Å². The summed E-state index contributed by atoms with van der Waals surface area (Å²) in [5.74, 6) is 1.52. The minimum atomic E-state index is 0.268. The van der Waals surface area contributed by atoms with Gasteiger partial charge < -0.3 is 15.5 Å². The van der Waals surface area contributed by atoms with Gasteiger partial charge >= 0.3 is 0 Å². The van der Waals surface area contributed by atoms with Crippen LogP contribution >= 0.6 is 0 Å². The Bertz CT molecular complexity index is 257. The number of rotatable bonds is 7. The molecule has 0 bridgehead atoms. The molecule has 1 heterocycles. The second kappa shape index (κ2) is 7.58. The van der Waals surface area contributed by atoms with E-state index in [2.05, 4.69) is 17.1 Å². The Balaban J connectivity index is 1.81. The smallest absolute Gasteiger partial charge is 0.0443 e. The first kappa shape index (κ1) is 15.2. The van der Waals surface area contributed by atoms with Crippen molar-refractivity contribution < 1.29 is 10.2 Å². The molecule has 2 rings (SSSR count). The normalized spacial score (nSPS) is 36.2. The van der Waals surface area contributed by atoms with Gasteiger partial charge in [-0.2, -0.15) is 0 Å². The molecule has 19 heavy (non-hydrogen) atoms. The molecule has 0 spiro atoms. The quantitative estimate of drug-likeness (QED) is 0.600.